The second kappa shape index (κ2) is 14.0. The molecule has 0 fully saturated rings. The molecule has 0 aliphatic rings. The zero-order chi connectivity index (χ0) is 18.5. The molecule has 0 aromatic carbocycles. The highest BCUT2D eigenvalue weighted by Gasteiger charge is 2.17. The molecule has 0 aromatic heterocycles. The van der Waals surface area contributed by atoms with Crippen LogP contribution in [-0.2, 0) is 0 Å². The maximum absolute atomic E-state index is 10.2. The molecule has 4 atom stereocenters. The van der Waals surface area contributed by atoms with E-state index in [-0.39, 0.29) is 6.10 Å². The molecular weight excluding hydrogens is 308 g/mol. The number of aliphatic hydroxyl groups is 4. The van der Waals surface area contributed by atoms with Crippen LogP contribution in [0.4, 0.5) is 0 Å². The van der Waals surface area contributed by atoms with Gasteiger partial charge >= 0.3 is 0 Å². The van der Waals surface area contributed by atoms with E-state index in [9.17, 15) is 20.4 Å². The van der Waals surface area contributed by atoms with Crippen LogP contribution in [0.15, 0.2) is 0 Å². The molecule has 0 saturated carbocycles. The van der Waals surface area contributed by atoms with Gasteiger partial charge in [0.2, 0.25) is 0 Å². The number of hydrogen-bond donors (Lipinski definition) is 4. The van der Waals surface area contributed by atoms with Gasteiger partial charge in [0.05, 0.1) is 24.4 Å². The molecule has 146 valence electrons. The van der Waals surface area contributed by atoms with Crippen molar-refractivity contribution in [3.05, 3.63) is 0 Å². The van der Waals surface area contributed by atoms with Gasteiger partial charge in [-0.1, -0.05) is 26.2 Å². The average molecular weight is 349 g/mol. The van der Waals surface area contributed by atoms with Gasteiger partial charge in [0, 0.05) is 39.3 Å². The Labute approximate surface area is 148 Å². The zero-order valence-corrected chi connectivity index (χ0v) is 16.1. The number of hydrogen-bond acceptors (Lipinski definition) is 6. The number of rotatable bonds is 15. The molecule has 0 aliphatic carbocycles. The largest absolute Gasteiger partial charge is 0.392 e. The zero-order valence-electron chi connectivity index (χ0n) is 16.1. The summed E-state index contributed by atoms with van der Waals surface area (Å²) in [6, 6.07) is 0. The molecule has 4 N–H and O–H groups in total. The first-order valence-corrected chi connectivity index (χ1v) is 9.41. The van der Waals surface area contributed by atoms with Crippen LogP contribution in [0.25, 0.3) is 0 Å². The summed E-state index contributed by atoms with van der Waals surface area (Å²) >= 11 is 0. The summed E-state index contributed by atoms with van der Waals surface area (Å²) in [5.74, 6) is 0. The Kier molecular flexibility index (Phi) is 13.8. The van der Waals surface area contributed by atoms with E-state index < -0.39 is 18.3 Å². The van der Waals surface area contributed by atoms with E-state index in [0.717, 1.165) is 25.7 Å². The van der Waals surface area contributed by atoms with Crippen molar-refractivity contribution in [3.63, 3.8) is 0 Å². The first-order chi connectivity index (χ1) is 11.2. The number of aliphatic hydroxyl groups excluding tert-OH is 4. The smallest absolute Gasteiger partial charge is 0.0667 e. The Morgan fingerprint density at radius 1 is 0.667 bits per heavy atom. The molecule has 0 heterocycles. The lowest BCUT2D eigenvalue weighted by molar-refractivity contribution is 0.0482. The second-order valence-electron chi connectivity index (χ2n) is 7.22. The van der Waals surface area contributed by atoms with Crippen molar-refractivity contribution in [3.8, 4) is 0 Å². The summed E-state index contributed by atoms with van der Waals surface area (Å²) < 4.78 is 0. The van der Waals surface area contributed by atoms with E-state index in [1.807, 2.05) is 4.90 Å². The average Bonchev–Trinajstić information content (AvgIpc) is 2.43. The van der Waals surface area contributed by atoms with E-state index in [1.54, 1.807) is 20.8 Å². The summed E-state index contributed by atoms with van der Waals surface area (Å²) in [6.07, 6.45) is 2.35. The van der Waals surface area contributed by atoms with Gasteiger partial charge in [0.1, 0.15) is 0 Å². The summed E-state index contributed by atoms with van der Waals surface area (Å²) in [5, 5.41) is 39.1. The molecule has 0 spiro atoms. The minimum Gasteiger partial charge on any atom is -0.392 e. The van der Waals surface area contributed by atoms with Gasteiger partial charge < -0.3 is 20.4 Å². The normalized spacial score (nSPS) is 17.2. The van der Waals surface area contributed by atoms with Gasteiger partial charge in [-0.15, -0.1) is 0 Å². The summed E-state index contributed by atoms with van der Waals surface area (Å²) in [4.78, 5) is 4.09. The SMILES string of the molecule is CCCCCC(O)CN(CCN(CC(C)O)CC(C)O)CC(C)O. The Morgan fingerprint density at radius 2 is 1.08 bits per heavy atom. The van der Waals surface area contributed by atoms with Crippen molar-refractivity contribution in [2.45, 2.75) is 77.8 Å². The molecule has 0 aromatic rings. The van der Waals surface area contributed by atoms with Gasteiger partial charge in [0.15, 0.2) is 0 Å². The second-order valence-corrected chi connectivity index (χ2v) is 7.22. The maximum atomic E-state index is 10.2. The van der Waals surface area contributed by atoms with Gasteiger partial charge in [-0.25, -0.2) is 0 Å². The van der Waals surface area contributed by atoms with Gasteiger partial charge in [-0.3, -0.25) is 9.80 Å². The van der Waals surface area contributed by atoms with E-state index in [2.05, 4.69) is 11.8 Å². The minimum absolute atomic E-state index is 0.378. The fraction of sp³-hybridized carbons (Fsp3) is 1.00. The van der Waals surface area contributed by atoms with Crippen LogP contribution < -0.4 is 0 Å². The Morgan fingerprint density at radius 3 is 1.46 bits per heavy atom. The van der Waals surface area contributed by atoms with Crippen molar-refractivity contribution in [1.29, 1.82) is 0 Å². The fourth-order valence-corrected chi connectivity index (χ4v) is 2.94. The lowest BCUT2D eigenvalue weighted by Crippen LogP contribution is -2.45. The molecule has 0 radical (unpaired) electrons. The Bertz CT molecular complexity index is 278. The summed E-state index contributed by atoms with van der Waals surface area (Å²) in [6.45, 7) is 10.8. The third kappa shape index (κ3) is 14.1. The van der Waals surface area contributed by atoms with Gasteiger partial charge in [0.25, 0.3) is 0 Å². The first kappa shape index (κ1) is 23.8. The molecule has 0 saturated heterocycles. The lowest BCUT2D eigenvalue weighted by Gasteiger charge is -2.31. The molecule has 0 bridgehead atoms. The maximum Gasteiger partial charge on any atom is 0.0667 e. The van der Waals surface area contributed by atoms with Crippen LogP contribution in [0.2, 0.25) is 0 Å². The standard InChI is InChI=1S/C18H40N2O4/c1-5-6-7-8-18(24)14-20(13-17(4)23)10-9-19(11-15(2)21)12-16(3)22/h15-18,21-24H,5-14H2,1-4H3. The van der Waals surface area contributed by atoms with Crippen molar-refractivity contribution in [2.75, 3.05) is 39.3 Å². The van der Waals surface area contributed by atoms with E-state index in [4.69, 9.17) is 0 Å². The summed E-state index contributed by atoms with van der Waals surface area (Å²) in [7, 11) is 0. The van der Waals surface area contributed by atoms with E-state index in [1.165, 1.54) is 0 Å². The predicted octanol–water partition coefficient (Wildman–Crippen LogP) is 0.674. The van der Waals surface area contributed by atoms with Crippen LogP contribution in [-0.4, -0.2) is 93.9 Å². The van der Waals surface area contributed by atoms with Crippen molar-refractivity contribution < 1.29 is 20.4 Å². The van der Waals surface area contributed by atoms with Crippen LogP contribution in [0.3, 0.4) is 0 Å². The molecule has 4 unspecified atom stereocenters. The van der Waals surface area contributed by atoms with Gasteiger partial charge in [-0.2, -0.15) is 0 Å². The van der Waals surface area contributed by atoms with Crippen LogP contribution in [0.5, 0.6) is 0 Å². The molecule has 6 nitrogen and oxygen atoms in total. The lowest BCUT2D eigenvalue weighted by atomic mass is 10.1. The molecular formula is C18H40N2O4. The van der Waals surface area contributed by atoms with Gasteiger partial charge in [-0.05, 0) is 27.2 Å². The highest BCUT2D eigenvalue weighted by molar-refractivity contribution is 4.71. The van der Waals surface area contributed by atoms with Crippen LogP contribution in [0, 0.1) is 0 Å². The third-order valence-corrected chi connectivity index (χ3v) is 3.91. The third-order valence-electron chi connectivity index (χ3n) is 3.91. The highest BCUT2D eigenvalue weighted by Crippen LogP contribution is 2.06. The van der Waals surface area contributed by atoms with Crippen LogP contribution >= 0.6 is 0 Å². The molecule has 0 aliphatic heterocycles. The quantitative estimate of drug-likeness (QED) is 0.326. The minimum atomic E-state index is -0.450. The fourth-order valence-electron chi connectivity index (χ4n) is 2.94. The topological polar surface area (TPSA) is 87.4 Å². The van der Waals surface area contributed by atoms with Crippen LogP contribution in [0.1, 0.15) is 53.4 Å². The first-order valence-electron chi connectivity index (χ1n) is 9.41. The molecule has 0 amide bonds. The van der Waals surface area contributed by atoms with Crippen molar-refractivity contribution in [1.82, 2.24) is 9.80 Å². The number of unbranched alkanes of at least 4 members (excludes halogenated alkanes) is 2. The molecule has 0 rings (SSSR count). The Hall–Kier alpha value is -0.240. The molecule has 6 heteroatoms. The molecule has 24 heavy (non-hydrogen) atoms. The predicted molar refractivity (Wildman–Crippen MR) is 98.1 cm³/mol. The van der Waals surface area contributed by atoms with E-state index in [0.29, 0.717) is 39.3 Å². The van der Waals surface area contributed by atoms with Crippen molar-refractivity contribution >= 4 is 0 Å². The van der Waals surface area contributed by atoms with Crippen molar-refractivity contribution in [2.24, 2.45) is 0 Å². The highest BCUT2D eigenvalue weighted by atomic mass is 16.3. The Balaban J connectivity index is 4.45. The number of nitrogens with zero attached hydrogens (tertiary/aromatic N) is 2. The summed E-state index contributed by atoms with van der Waals surface area (Å²) in [5.41, 5.74) is 0. The monoisotopic (exact) mass is 348 g/mol. The van der Waals surface area contributed by atoms with E-state index >= 15 is 0 Å².